The Balaban J connectivity index is 2.03. The average molecular weight is 625 g/mol. The van der Waals surface area contributed by atoms with Crippen molar-refractivity contribution in [2.45, 2.75) is 45.8 Å². The lowest BCUT2D eigenvalue weighted by atomic mass is 9.83. The number of carbonyl (C=O) groups is 2. The number of thiazole rings is 1. The van der Waals surface area contributed by atoms with Crippen molar-refractivity contribution in [2.75, 3.05) is 28.4 Å². The van der Waals surface area contributed by atoms with Crippen molar-refractivity contribution < 1.29 is 38.0 Å². The summed E-state index contributed by atoms with van der Waals surface area (Å²) in [4.78, 5) is 40.5. The van der Waals surface area contributed by atoms with E-state index >= 15 is 0 Å². The Bertz CT molecular complexity index is 1800. The van der Waals surface area contributed by atoms with E-state index in [1.54, 1.807) is 42.5 Å². The largest absolute Gasteiger partial charge is 0.493 e. The molecule has 12 heteroatoms. The first-order valence-corrected chi connectivity index (χ1v) is 14.6. The van der Waals surface area contributed by atoms with Gasteiger partial charge >= 0.3 is 11.9 Å². The Morgan fingerprint density at radius 1 is 0.818 bits per heavy atom. The van der Waals surface area contributed by atoms with Crippen molar-refractivity contribution >= 4 is 40.7 Å². The van der Waals surface area contributed by atoms with Gasteiger partial charge in [-0.2, -0.15) is 0 Å². The molecule has 2 aromatic carbocycles. The maximum atomic E-state index is 13.8. The van der Waals surface area contributed by atoms with Crippen molar-refractivity contribution in [3.05, 3.63) is 72.6 Å². The Morgan fingerprint density at radius 2 is 1.36 bits per heavy atom. The first kappa shape index (κ1) is 32.2. The molecule has 0 saturated heterocycles. The number of hydrogen-bond acceptors (Lipinski definition) is 11. The van der Waals surface area contributed by atoms with E-state index in [0.717, 1.165) is 15.9 Å². The molecule has 1 aliphatic rings. The fourth-order valence-corrected chi connectivity index (χ4v) is 6.06. The van der Waals surface area contributed by atoms with Gasteiger partial charge < -0.3 is 34.2 Å². The third-order valence-corrected chi connectivity index (χ3v) is 7.80. The van der Waals surface area contributed by atoms with Crippen molar-refractivity contribution in [2.24, 2.45) is 5.73 Å². The van der Waals surface area contributed by atoms with Crippen molar-refractivity contribution in [1.29, 1.82) is 0 Å². The van der Waals surface area contributed by atoms with Gasteiger partial charge in [-0.25, -0.2) is 9.59 Å². The molecule has 3 aromatic rings. The minimum Gasteiger partial charge on any atom is -0.493 e. The number of ether oxygens (including phenoxy) is 6. The van der Waals surface area contributed by atoms with Crippen molar-refractivity contribution in [3.63, 3.8) is 0 Å². The molecule has 1 aromatic heterocycles. The molecule has 1 atom stereocenters. The summed E-state index contributed by atoms with van der Waals surface area (Å²) in [6.45, 7) is 7.57. The Hall–Kier alpha value is -4.71. The topological polar surface area (TPSA) is 138 Å². The number of fused-ring (bicyclic) bond motifs is 1. The summed E-state index contributed by atoms with van der Waals surface area (Å²) >= 11 is 1.04. The zero-order chi connectivity index (χ0) is 32.3. The SMILES string of the molecule is COC(=O)C1=C(N)n2c(s/c(=C/c3ccc(OC(C)C)c(OC)c3)c2=O)=C(C(=O)OC)[C@H]1c1ccc(OC(C)C)c(OC)c1. The number of nitrogens with two attached hydrogens (primary N) is 1. The van der Waals surface area contributed by atoms with Crippen LogP contribution in [0.3, 0.4) is 0 Å². The third-order valence-electron chi connectivity index (χ3n) is 6.69. The summed E-state index contributed by atoms with van der Waals surface area (Å²) in [6.07, 6.45) is 1.46. The van der Waals surface area contributed by atoms with E-state index in [2.05, 4.69) is 0 Å². The van der Waals surface area contributed by atoms with Crippen LogP contribution in [-0.2, 0) is 19.1 Å². The smallest absolute Gasteiger partial charge is 0.338 e. The quantitative estimate of drug-likeness (QED) is 0.335. The molecule has 11 nitrogen and oxygen atoms in total. The molecule has 1 aliphatic heterocycles. The molecule has 0 fully saturated rings. The number of aromatic nitrogens is 1. The lowest BCUT2D eigenvalue weighted by Gasteiger charge is -2.27. The van der Waals surface area contributed by atoms with Crippen LogP contribution >= 0.6 is 11.3 Å². The average Bonchev–Trinajstić information content (AvgIpc) is 3.31. The molecule has 0 amide bonds. The van der Waals surface area contributed by atoms with E-state index in [1.807, 2.05) is 27.7 Å². The number of nitrogens with zero attached hydrogens (tertiary/aromatic N) is 1. The molecule has 0 aliphatic carbocycles. The second-order valence-corrected chi connectivity index (χ2v) is 11.4. The van der Waals surface area contributed by atoms with Gasteiger partial charge in [0.25, 0.3) is 5.56 Å². The van der Waals surface area contributed by atoms with Gasteiger partial charge in [0.1, 0.15) is 10.5 Å². The maximum absolute atomic E-state index is 13.8. The number of methoxy groups -OCH3 is 4. The Labute approximate surface area is 258 Å². The first-order valence-electron chi connectivity index (χ1n) is 13.8. The molecule has 0 saturated carbocycles. The molecule has 234 valence electrons. The normalized spacial score (nSPS) is 14.9. The van der Waals surface area contributed by atoms with Gasteiger partial charge in [-0.15, -0.1) is 11.3 Å². The minimum atomic E-state index is -1.05. The molecule has 0 unspecified atom stereocenters. The standard InChI is InChI=1S/C32H36N2O9S/c1-16(2)42-20-11-9-18(13-22(20)38-5)14-24-29(35)34-28(33)26(31(36)40-7)25(27(30(34)44-24)32(37)41-8)19-10-12-21(43-17(3)4)23(15-19)39-6/h9-17,25H,33H2,1-8H3/b24-14+/t25-/m0/s1. The van der Waals surface area contributed by atoms with Crippen LogP contribution in [-0.4, -0.2) is 57.2 Å². The second-order valence-electron chi connectivity index (χ2n) is 10.3. The lowest BCUT2D eigenvalue weighted by Crippen LogP contribution is -2.41. The van der Waals surface area contributed by atoms with E-state index in [-0.39, 0.29) is 38.4 Å². The number of esters is 2. The summed E-state index contributed by atoms with van der Waals surface area (Å²) in [5, 5.41) is 0. The van der Waals surface area contributed by atoms with Gasteiger partial charge in [0, 0.05) is 0 Å². The second kappa shape index (κ2) is 13.3. The van der Waals surface area contributed by atoms with Crippen LogP contribution in [0.2, 0.25) is 0 Å². The summed E-state index contributed by atoms with van der Waals surface area (Å²) in [7, 11) is 5.43. The highest BCUT2D eigenvalue weighted by Crippen LogP contribution is 2.41. The molecule has 0 bridgehead atoms. The lowest BCUT2D eigenvalue weighted by molar-refractivity contribution is -0.136. The minimum absolute atomic E-state index is 0.0432. The van der Waals surface area contributed by atoms with Crippen LogP contribution in [0.1, 0.15) is 44.7 Å². The predicted molar refractivity (Wildman–Crippen MR) is 166 cm³/mol. The van der Waals surface area contributed by atoms with Gasteiger partial charge in [0.05, 0.1) is 62.2 Å². The molecule has 0 radical (unpaired) electrons. The summed E-state index contributed by atoms with van der Waals surface area (Å²) in [5.74, 6) is -0.865. The molecule has 44 heavy (non-hydrogen) atoms. The van der Waals surface area contributed by atoms with E-state index in [0.29, 0.717) is 34.1 Å². The summed E-state index contributed by atoms with van der Waals surface area (Å²) < 4.78 is 34.6. The van der Waals surface area contributed by atoms with Gasteiger partial charge in [0.15, 0.2) is 23.0 Å². The molecule has 2 heterocycles. The molecule has 4 rings (SSSR count). The van der Waals surface area contributed by atoms with E-state index in [9.17, 15) is 14.4 Å². The highest BCUT2D eigenvalue weighted by atomic mass is 32.1. The molecular formula is C32H36N2O9S. The highest BCUT2D eigenvalue weighted by molar-refractivity contribution is 7.07. The Morgan fingerprint density at radius 3 is 1.91 bits per heavy atom. The van der Waals surface area contributed by atoms with Crippen molar-refractivity contribution in [1.82, 2.24) is 4.57 Å². The number of carbonyl (C=O) groups excluding carboxylic acids is 2. The number of rotatable bonds is 10. The van der Waals surface area contributed by atoms with Gasteiger partial charge in [0.2, 0.25) is 0 Å². The fraction of sp³-hybridized carbons (Fsp3) is 0.344. The fourth-order valence-electron chi connectivity index (χ4n) is 4.89. The monoisotopic (exact) mass is 624 g/mol. The van der Waals surface area contributed by atoms with E-state index in [1.165, 1.54) is 28.4 Å². The third kappa shape index (κ3) is 6.16. The summed E-state index contributed by atoms with van der Waals surface area (Å²) in [5.41, 5.74) is 7.11. The van der Waals surface area contributed by atoms with Crippen LogP contribution < -0.4 is 39.4 Å². The van der Waals surface area contributed by atoms with Crippen LogP contribution in [0.5, 0.6) is 23.0 Å². The predicted octanol–water partition coefficient (Wildman–Crippen LogP) is 2.75. The summed E-state index contributed by atoms with van der Waals surface area (Å²) in [6, 6.07) is 10.3. The maximum Gasteiger partial charge on any atom is 0.338 e. The molecule has 0 spiro atoms. The van der Waals surface area contributed by atoms with Crippen molar-refractivity contribution in [3.8, 4) is 23.0 Å². The van der Waals surface area contributed by atoms with Crippen LogP contribution in [0.25, 0.3) is 17.5 Å². The zero-order valence-corrected chi connectivity index (χ0v) is 26.7. The first-order chi connectivity index (χ1) is 20.9. The van der Waals surface area contributed by atoms with Crippen LogP contribution in [0.15, 0.2) is 46.8 Å². The van der Waals surface area contributed by atoms with Crippen LogP contribution in [0, 0.1) is 0 Å². The van der Waals surface area contributed by atoms with Gasteiger partial charge in [-0.1, -0.05) is 12.1 Å². The van der Waals surface area contributed by atoms with E-state index in [4.69, 9.17) is 34.2 Å². The molecular weight excluding hydrogens is 588 g/mol. The number of benzene rings is 2. The van der Waals surface area contributed by atoms with Gasteiger partial charge in [-0.05, 0) is 69.2 Å². The number of hydrogen-bond donors (Lipinski definition) is 1. The molecule has 2 N–H and O–H groups in total. The van der Waals surface area contributed by atoms with Crippen LogP contribution in [0.4, 0.5) is 0 Å². The zero-order valence-electron chi connectivity index (χ0n) is 25.9. The van der Waals surface area contributed by atoms with Gasteiger partial charge in [-0.3, -0.25) is 9.36 Å². The Kier molecular flexibility index (Phi) is 9.73. The highest BCUT2D eigenvalue weighted by Gasteiger charge is 2.40. The van der Waals surface area contributed by atoms with E-state index < -0.39 is 23.4 Å².